The maximum Gasteiger partial charge on any atom is 0.339 e. The summed E-state index contributed by atoms with van der Waals surface area (Å²) >= 11 is 0. The molecule has 0 bridgehead atoms. The van der Waals surface area contributed by atoms with Crippen LogP contribution in [0.25, 0.3) is 0 Å². The quantitative estimate of drug-likeness (QED) is 0.634. The van der Waals surface area contributed by atoms with Crippen molar-refractivity contribution in [3.63, 3.8) is 0 Å². The number of nitrogens with zero attached hydrogens (tertiary/aromatic N) is 3. The fourth-order valence-corrected chi connectivity index (χ4v) is 2.89. The number of pyridine rings is 1. The molecule has 1 aromatic carbocycles. The van der Waals surface area contributed by atoms with E-state index in [-0.39, 0.29) is 11.3 Å². The zero-order chi connectivity index (χ0) is 19.2. The molecular weight excluding hydrogens is 348 g/mol. The molecule has 1 fully saturated rings. The lowest BCUT2D eigenvalue weighted by molar-refractivity contribution is -0.118. The minimum Gasteiger partial charge on any atom is -0.465 e. The minimum atomic E-state index is -0.527. The van der Waals surface area contributed by atoms with Gasteiger partial charge in [0.05, 0.1) is 18.4 Å². The van der Waals surface area contributed by atoms with Crippen LogP contribution in [-0.4, -0.2) is 61.5 Å². The van der Waals surface area contributed by atoms with Crippen molar-refractivity contribution in [2.24, 2.45) is 0 Å². The van der Waals surface area contributed by atoms with Crippen molar-refractivity contribution in [3.8, 4) is 0 Å². The Morgan fingerprint density at radius 2 is 1.89 bits per heavy atom. The Labute approximate surface area is 156 Å². The number of ether oxygens (including phenoxy) is 1. The molecule has 1 aliphatic rings. The van der Waals surface area contributed by atoms with Crippen molar-refractivity contribution >= 4 is 29.7 Å². The second-order valence-corrected chi connectivity index (χ2v) is 6.02. The van der Waals surface area contributed by atoms with E-state index in [1.54, 1.807) is 41.4 Å². The number of nitrogens with one attached hydrogen (secondary N) is 1. The van der Waals surface area contributed by atoms with Gasteiger partial charge >= 0.3 is 5.97 Å². The minimum absolute atomic E-state index is 0.241. The van der Waals surface area contributed by atoms with Crippen LogP contribution in [0.1, 0.15) is 20.8 Å². The van der Waals surface area contributed by atoms with Crippen LogP contribution < -0.4 is 10.2 Å². The maximum atomic E-state index is 12.6. The van der Waals surface area contributed by atoms with Crippen molar-refractivity contribution in [2.45, 2.75) is 0 Å². The molecule has 1 aliphatic heterocycles. The van der Waals surface area contributed by atoms with Crippen LogP contribution in [-0.2, 0) is 9.53 Å². The van der Waals surface area contributed by atoms with Crippen molar-refractivity contribution in [1.29, 1.82) is 0 Å². The molecule has 1 N–H and O–H groups in total. The van der Waals surface area contributed by atoms with Gasteiger partial charge in [0, 0.05) is 38.1 Å². The molecule has 0 radical (unpaired) electrons. The maximum absolute atomic E-state index is 12.6. The fraction of sp³-hybridized carbons (Fsp3) is 0.263. The number of hydrogen-bond donors (Lipinski definition) is 1. The van der Waals surface area contributed by atoms with Crippen molar-refractivity contribution in [3.05, 3.63) is 53.9 Å². The molecule has 2 heterocycles. The van der Waals surface area contributed by atoms with Gasteiger partial charge in [-0.1, -0.05) is 12.1 Å². The molecule has 8 heteroatoms. The number of piperazine rings is 1. The van der Waals surface area contributed by atoms with Gasteiger partial charge in [-0.05, 0) is 24.3 Å². The lowest BCUT2D eigenvalue weighted by Crippen LogP contribution is -2.45. The average Bonchev–Trinajstić information content (AvgIpc) is 2.73. The highest BCUT2D eigenvalue weighted by Crippen LogP contribution is 2.19. The van der Waals surface area contributed by atoms with Crippen LogP contribution in [0.4, 0.5) is 11.4 Å². The second-order valence-electron chi connectivity index (χ2n) is 6.02. The molecule has 0 atom stereocenters. The normalized spacial score (nSPS) is 13.8. The van der Waals surface area contributed by atoms with Gasteiger partial charge in [-0.2, -0.15) is 0 Å². The van der Waals surface area contributed by atoms with E-state index in [1.165, 1.54) is 7.11 Å². The summed E-state index contributed by atoms with van der Waals surface area (Å²) in [4.78, 5) is 43.2. The Hall–Kier alpha value is -3.42. The topological polar surface area (TPSA) is 91.8 Å². The number of aromatic nitrogens is 1. The monoisotopic (exact) mass is 368 g/mol. The van der Waals surface area contributed by atoms with E-state index < -0.39 is 11.9 Å². The number of carbonyl (C=O) groups is 3. The van der Waals surface area contributed by atoms with Crippen molar-refractivity contribution in [1.82, 2.24) is 9.88 Å². The Morgan fingerprint density at radius 1 is 1.15 bits per heavy atom. The highest BCUT2D eigenvalue weighted by atomic mass is 16.5. The molecule has 1 aromatic heterocycles. The zero-order valence-corrected chi connectivity index (χ0v) is 14.9. The summed E-state index contributed by atoms with van der Waals surface area (Å²) < 4.78 is 4.74. The van der Waals surface area contributed by atoms with Crippen LogP contribution in [0.2, 0.25) is 0 Å². The zero-order valence-electron chi connectivity index (χ0n) is 14.9. The molecule has 1 saturated heterocycles. The Balaban J connectivity index is 1.75. The van der Waals surface area contributed by atoms with E-state index in [9.17, 15) is 14.4 Å². The third-order valence-electron chi connectivity index (χ3n) is 4.39. The number of benzene rings is 1. The summed E-state index contributed by atoms with van der Waals surface area (Å²) in [6.07, 6.45) is 2.42. The van der Waals surface area contributed by atoms with Crippen LogP contribution in [0.3, 0.4) is 0 Å². The fourth-order valence-electron chi connectivity index (χ4n) is 2.89. The number of rotatable bonds is 5. The lowest BCUT2D eigenvalue weighted by atomic mass is 10.1. The third kappa shape index (κ3) is 4.22. The van der Waals surface area contributed by atoms with E-state index in [1.807, 2.05) is 6.07 Å². The lowest BCUT2D eigenvalue weighted by Gasteiger charge is -2.34. The predicted molar refractivity (Wildman–Crippen MR) is 99.8 cm³/mol. The Kier molecular flexibility index (Phi) is 5.65. The Bertz CT molecular complexity index is 847. The second kappa shape index (κ2) is 8.31. The van der Waals surface area contributed by atoms with E-state index in [4.69, 9.17) is 4.74 Å². The number of carbonyl (C=O) groups excluding carboxylic acids is 3. The molecular formula is C19H20N4O4. The largest absolute Gasteiger partial charge is 0.465 e. The van der Waals surface area contributed by atoms with Gasteiger partial charge in [0.2, 0.25) is 6.41 Å². The van der Waals surface area contributed by atoms with E-state index >= 15 is 0 Å². The van der Waals surface area contributed by atoms with Gasteiger partial charge in [0.1, 0.15) is 5.69 Å². The highest BCUT2D eigenvalue weighted by molar-refractivity contribution is 6.07. The van der Waals surface area contributed by atoms with Crippen molar-refractivity contribution in [2.75, 3.05) is 43.5 Å². The molecule has 27 heavy (non-hydrogen) atoms. The van der Waals surface area contributed by atoms with Gasteiger partial charge < -0.3 is 19.9 Å². The molecule has 3 rings (SSSR count). The van der Waals surface area contributed by atoms with E-state index in [0.29, 0.717) is 31.9 Å². The van der Waals surface area contributed by atoms with Crippen molar-refractivity contribution < 1.29 is 19.1 Å². The molecule has 0 aliphatic carbocycles. The first-order chi connectivity index (χ1) is 13.1. The summed E-state index contributed by atoms with van der Waals surface area (Å²) in [5.74, 6) is -0.944. The summed E-state index contributed by atoms with van der Waals surface area (Å²) in [7, 11) is 1.29. The summed E-state index contributed by atoms with van der Waals surface area (Å²) in [6.45, 7) is 2.66. The first kappa shape index (κ1) is 18.4. The number of anilines is 2. The summed E-state index contributed by atoms with van der Waals surface area (Å²) in [6, 6.07) is 10.2. The summed E-state index contributed by atoms with van der Waals surface area (Å²) in [5.41, 5.74) is 1.74. The number of methoxy groups -OCH3 is 1. The standard InChI is InChI=1S/C19H20N4O4/c1-27-19(26)15-4-2-3-5-16(15)21-18(25)17-12-14(6-7-20-17)23-10-8-22(13-24)9-11-23/h2-7,12-13H,8-11H2,1H3,(H,21,25). The third-order valence-corrected chi connectivity index (χ3v) is 4.39. The molecule has 8 nitrogen and oxygen atoms in total. The Morgan fingerprint density at radius 3 is 2.59 bits per heavy atom. The van der Waals surface area contributed by atoms with Gasteiger partial charge in [0.15, 0.2) is 0 Å². The molecule has 2 amide bonds. The molecule has 0 spiro atoms. The van der Waals surface area contributed by atoms with Gasteiger partial charge in [-0.3, -0.25) is 14.6 Å². The molecule has 2 aromatic rings. The number of hydrogen-bond acceptors (Lipinski definition) is 6. The van der Waals surface area contributed by atoms with E-state index in [2.05, 4.69) is 15.2 Å². The average molecular weight is 368 g/mol. The van der Waals surface area contributed by atoms with Crippen LogP contribution in [0.15, 0.2) is 42.6 Å². The molecule has 0 saturated carbocycles. The smallest absolute Gasteiger partial charge is 0.339 e. The number of esters is 1. The van der Waals surface area contributed by atoms with E-state index in [0.717, 1.165) is 12.1 Å². The van der Waals surface area contributed by atoms with Crippen LogP contribution in [0, 0.1) is 0 Å². The predicted octanol–water partition coefficient (Wildman–Crippen LogP) is 1.40. The SMILES string of the molecule is COC(=O)c1ccccc1NC(=O)c1cc(N2CCN(C=O)CC2)ccn1. The number of para-hydroxylation sites is 1. The molecule has 0 unspecified atom stereocenters. The first-order valence-electron chi connectivity index (χ1n) is 8.51. The van der Waals surface area contributed by atoms with Crippen LogP contribution in [0.5, 0.6) is 0 Å². The highest BCUT2D eigenvalue weighted by Gasteiger charge is 2.19. The number of amides is 2. The molecule has 140 valence electrons. The van der Waals surface area contributed by atoms with Crippen LogP contribution >= 0.6 is 0 Å². The first-order valence-corrected chi connectivity index (χ1v) is 8.51. The van der Waals surface area contributed by atoms with Gasteiger partial charge in [-0.25, -0.2) is 4.79 Å². The summed E-state index contributed by atoms with van der Waals surface area (Å²) in [5, 5.41) is 2.71. The van der Waals surface area contributed by atoms with Gasteiger partial charge in [-0.15, -0.1) is 0 Å². The van der Waals surface area contributed by atoms with Gasteiger partial charge in [0.25, 0.3) is 5.91 Å².